The van der Waals surface area contributed by atoms with Crippen molar-refractivity contribution in [3.05, 3.63) is 58.5 Å². The Morgan fingerprint density at radius 3 is 2.92 bits per heavy atom. The van der Waals surface area contributed by atoms with Crippen LogP contribution in [0.2, 0.25) is 0 Å². The van der Waals surface area contributed by atoms with E-state index in [1.165, 1.54) is 22.4 Å². The predicted molar refractivity (Wildman–Crippen MR) is 91.4 cm³/mol. The van der Waals surface area contributed by atoms with E-state index in [-0.39, 0.29) is 5.82 Å². The SMILES string of the molecule is Fc1ccc2c3c([nH]c2c1)CN1CCc2cc4c(cc2[C@@H]1C3)OCO4. The molecule has 25 heavy (non-hydrogen) atoms. The summed E-state index contributed by atoms with van der Waals surface area (Å²) in [5.41, 5.74) is 6.15. The van der Waals surface area contributed by atoms with E-state index in [1.54, 1.807) is 12.1 Å². The fraction of sp³-hybridized carbons (Fsp3) is 0.300. The number of hydrogen-bond donors (Lipinski definition) is 1. The second-order valence-corrected chi connectivity index (χ2v) is 7.12. The van der Waals surface area contributed by atoms with E-state index in [0.717, 1.165) is 48.3 Å². The second-order valence-electron chi connectivity index (χ2n) is 7.12. The smallest absolute Gasteiger partial charge is 0.231 e. The largest absolute Gasteiger partial charge is 0.454 e. The molecule has 5 heteroatoms. The Balaban J connectivity index is 1.48. The Morgan fingerprint density at radius 2 is 2.00 bits per heavy atom. The highest BCUT2D eigenvalue weighted by Gasteiger charge is 2.35. The molecule has 4 heterocycles. The molecule has 0 radical (unpaired) electrons. The molecular weight excluding hydrogens is 319 g/mol. The molecule has 6 rings (SSSR count). The topological polar surface area (TPSA) is 37.5 Å². The summed E-state index contributed by atoms with van der Waals surface area (Å²) in [6.45, 7) is 2.22. The summed E-state index contributed by atoms with van der Waals surface area (Å²) in [6, 6.07) is 9.70. The Labute approximate surface area is 144 Å². The summed E-state index contributed by atoms with van der Waals surface area (Å²) in [6.07, 6.45) is 1.96. The van der Waals surface area contributed by atoms with Crippen LogP contribution in [0, 0.1) is 5.82 Å². The third-order valence-corrected chi connectivity index (χ3v) is 5.82. The molecule has 126 valence electrons. The average molecular weight is 336 g/mol. The summed E-state index contributed by atoms with van der Waals surface area (Å²) in [7, 11) is 0. The van der Waals surface area contributed by atoms with Gasteiger partial charge in [-0.3, -0.25) is 4.90 Å². The Hall–Kier alpha value is -2.53. The predicted octanol–water partition coefficient (Wildman–Crippen LogP) is 3.69. The molecule has 0 saturated carbocycles. The van der Waals surface area contributed by atoms with Gasteiger partial charge in [-0.15, -0.1) is 0 Å². The minimum Gasteiger partial charge on any atom is -0.454 e. The van der Waals surface area contributed by atoms with Gasteiger partial charge >= 0.3 is 0 Å². The molecule has 0 bridgehead atoms. The van der Waals surface area contributed by atoms with Gasteiger partial charge in [0.2, 0.25) is 6.79 Å². The van der Waals surface area contributed by atoms with Crippen molar-refractivity contribution in [2.75, 3.05) is 13.3 Å². The summed E-state index contributed by atoms with van der Waals surface area (Å²) in [4.78, 5) is 5.94. The van der Waals surface area contributed by atoms with Gasteiger partial charge in [0.15, 0.2) is 11.5 Å². The third kappa shape index (κ3) is 1.90. The summed E-state index contributed by atoms with van der Waals surface area (Å²) >= 11 is 0. The third-order valence-electron chi connectivity index (χ3n) is 5.82. The lowest BCUT2D eigenvalue weighted by molar-refractivity contribution is 0.159. The van der Waals surface area contributed by atoms with Crippen molar-refractivity contribution in [3.8, 4) is 11.5 Å². The van der Waals surface area contributed by atoms with Crippen LogP contribution in [0.3, 0.4) is 0 Å². The van der Waals surface area contributed by atoms with Gasteiger partial charge in [0, 0.05) is 35.7 Å². The zero-order valence-electron chi connectivity index (χ0n) is 13.6. The second kappa shape index (κ2) is 4.76. The molecule has 0 aliphatic carbocycles. The van der Waals surface area contributed by atoms with Crippen LogP contribution in [0.4, 0.5) is 4.39 Å². The Bertz CT molecular complexity index is 1030. The molecule has 1 aromatic heterocycles. The zero-order chi connectivity index (χ0) is 16.5. The van der Waals surface area contributed by atoms with Crippen LogP contribution in [-0.2, 0) is 19.4 Å². The van der Waals surface area contributed by atoms with E-state index in [1.807, 2.05) is 6.07 Å². The molecule has 0 spiro atoms. The number of rotatable bonds is 0. The highest BCUT2D eigenvalue weighted by atomic mass is 19.1. The highest BCUT2D eigenvalue weighted by Crippen LogP contribution is 2.44. The van der Waals surface area contributed by atoms with Crippen LogP contribution in [0.5, 0.6) is 11.5 Å². The number of halogens is 1. The molecule has 0 unspecified atom stereocenters. The standard InChI is InChI=1S/C20H17FN2O2/c21-12-1-2-13-15-7-18-14-8-20-19(24-10-25-20)5-11(14)3-4-23(18)9-17(15)22-16(13)6-12/h1-2,5-6,8,18,22H,3-4,7,9-10H2/t18-/m0/s1. The van der Waals surface area contributed by atoms with Crippen molar-refractivity contribution in [3.63, 3.8) is 0 Å². The van der Waals surface area contributed by atoms with Crippen molar-refractivity contribution in [2.24, 2.45) is 0 Å². The van der Waals surface area contributed by atoms with E-state index in [0.29, 0.717) is 12.8 Å². The summed E-state index contributed by atoms with van der Waals surface area (Å²) in [5, 5.41) is 1.14. The molecule has 0 fully saturated rings. The first-order valence-corrected chi connectivity index (χ1v) is 8.72. The minimum atomic E-state index is -0.193. The van der Waals surface area contributed by atoms with Crippen molar-refractivity contribution in [1.82, 2.24) is 9.88 Å². The molecule has 3 aliphatic heterocycles. The number of nitrogens with zero attached hydrogens (tertiary/aromatic N) is 1. The number of H-pyrrole nitrogens is 1. The minimum absolute atomic E-state index is 0.193. The number of fused-ring (bicyclic) bond motifs is 7. The number of ether oxygens (including phenoxy) is 2. The van der Waals surface area contributed by atoms with Crippen molar-refractivity contribution in [2.45, 2.75) is 25.4 Å². The molecular formula is C20H17FN2O2. The zero-order valence-corrected chi connectivity index (χ0v) is 13.6. The Morgan fingerprint density at radius 1 is 1.12 bits per heavy atom. The lowest BCUT2D eigenvalue weighted by Gasteiger charge is -2.40. The first-order valence-electron chi connectivity index (χ1n) is 8.72. The fourth-order valence-electron chi connectivity index (χ4n) is 4.62. The van der Waals surface area contributed by atoms with Gasteiger partial charge in [0.05, 0.1) is 0 Å². The fourth-order valence-corrected chi connectivity index (χ4v) is 4.62. The van der Waals surface area contributed by atoms with E-state index in [2.05, 4.69) is 22.0 Å². The van der Waals surface area contributed by atoms with E-state index >= 15 is 0 Å². The van der Waals surface area contributed by atoms with Crippen molar-refractivity contribution >= 4 is 10.9 Å². The van der Waals surface area contributed by atoms with Gasteiger partial charge in [0.25, 0.3) is 0 Å². The highest BCUT2D eigenvalue weighted by molar-refractivity contribution is 5.85. The van der Waals surface area contributed by atoms with Crippen LogP contribution >= 0.6 is 0 Å². The lowest BCUT2D eigenvalue weighted by atomic mass is 9.85. The van der Waals surface area contributed by atoms with Crippen LogP contribution in [0.25, 0.3) is 10.9 Å². The lowest BCUT2D eigenvalue weighted by Crippen LogP contribution is -2.39. The molecule has 1 atom stereocenters. The first-order chi connectivity index (χ1) is 12.3. The van der Waals surface area contributed by atoms with Gasteiger partial charge in [-0.2, -0.15) is 0 Å². The van der Waals surface area contributed by atoms with Gasteiger partial charge in [-0.25, -0.2) is 4.39 Å². The van der Waals surface area contributed by atoms with Crippen molar-refractivity contribution in [1.29, 1.82) is 0 Å². The van der Waals surface area contributed by atoms with E-state index in [9.17, 15) is 4.39 Å². The summed E-state index contributed by atoms with van der Waals surface area (Å²) < 4.78 is 24.7. The Kier molecular flexibility index (Phi) is 2.61. The first kappa shape index (κ1) is 13.7. The van der Waals surface area contributed by atoms with Gasteiger partial charge < -0.3 is 14.5 Å². The van der Waals surface area contributed by atoms with Gasteiger partial charge in [-0.05, 0) is 59.9 Å². The van der Waals surface area contributed by atoms with Crippen LogP contribution in [0.15, 0.2) is 30.3 Å². The van der Waals surface area contributed by atoms with Gasteiger partial charge in [0.1, 0.15) is 5.82 Å². The molecule has 0 amide bonds. The molecule has 0 saturated heterocycles. The maximum absolute atomic E-state index is 13.6. The maximum atomic E-state index is 13.6. The van der Waals surface area contributed by atoms with Gasteiger partial charge in [-0.1, -0.05) is 0 Å². The molecule has 1 N–H and O–H groups in total. The number of nitrogens with one attached hydrogen (secondary N) is 1. The molecule has 2 aromatic carbocycles. The van der Waals surface area contributed by atoms with Crippen molar-refractivity contribution < 1.29 is 13.9 Å². The van der Waals surface area contributed by atoms with Crippen LogP contribution < -0.4 is 9.47 Å². The number of hydrogen-bond acceptors (Lipinski definition) is 3. The molecule has 4 nitrogen and oxygen atoms in total. The molecule has 3 aromatic rings. The monoisotopic (exact) mass is 336 g/mol. The average Bonchev–Trinajstić information content (AvgIpc) is 3.20. The molecule has 3 aliphatic rings. The van der Waals surface area contributed by atoms with E-state index in [4.69, 9.17) is 9.47 Å². The van der Waals surface area contributed by atoms with E-state index < -0.39 is 0 Å². The van der Waals surface area contributed by atoms with Crippen LogP contribution in [0.1, 0.15) is 28.4 Å². The quantitative estimate of drug-likeness (QED) is 0.680. The summed E-state index contributed by atoms with van der Waals surface area (Å²) in [5.74, 6) is 1.53. The van der Waals surface area contributed by atoms with Crippen LogP contribution in [-0.4, -0.2) is 23.2 Å². The number of aromatic amines is 1. The number of aromatic nitrogens is 1. The maximum Gasteiger partial charge on any atom is 0.231 e. The normalized spacial score (nSPS) is 21.1. The number of benzene rings is 2.